The van der Waals surface area contributed by atoms with Crippen molar-refractivity contribution < 1.29 is 9.90 Å². The van der Waals surface area contributed by atoms with Gasteiger partial charge in [0, 0.05) is 26.2 Å². The maximum Gasteiger partial charge on any atom is 0.356 e. The number of carbonyl (C=O) groups is 1. The first-order chi connectivity index (χ1) is 11.4. The molecule has 7 heteroatoms. The molecule has 1 atom stereocenters. The van der Waals surface area contributed by atoms with Gasteiger partial charge in [0.05, 0.1) is 0 Å². The van der Waals surface area contributed by atoms with Gasteiger partial charge in [-0.1, -0.05) is 53.0 Å². The topological polar surface area (TPSA) is 62.0 Å². The number of hydrogen-bond acceptors (Lipinski definition) is 3. The zero-order valence-electron chi connectivity index (χ0n) is 12.4. The second-order valence-corrected chi connectivity index (χ2v) is 6.60. The Morgan fingerprint density at radius 3 is 2.21 bits per heavy atom. The number of aliphatic carboxylic acids is 1. The average molecular weight is 382 g/mol. The molecule has 1 aliphatic rings. The van der Waals surface area contributed by atoms with Crippen molar-refractivity contribution in [2.24, 2.45) is 10.2 Å². The summed E-state index contributed by atoms with van der Waals surface area (Å²) >= 11 is 18.4. The Labute approximate surface area is 153 Å². The lowest BCUT2D eigenvalue weighted by atomic mass is 9.78. The Balaban J connectivity index is 2.33. The van der Waals surface area contributed by atoms with Gasteiger partial charge in [-0.2, -0.15) is 5.11 Å². The highest BCUT2D eigenvalue weighted by molar-refractivity contribution is 6.35. The van der Waals surface area contributed by atoms with Crippen molar-refractivity contribution in [1.29, 1.82) is 0 Å². The van der Waals surface area contributed by atoms with E-state index in [9.17, 15) is 9.90 Å². The molecule has 0 amide bonds. The fourth-order valence-electron chi connectivity index (χ4n) is 2.81. The number of carboxylic acids is 1. The number of benzene rings is 2. The summed E-state index contributed by atoms with van der Waals surface area (Å²) in [5, 5.41) is 19.0. The Bertz CT molecular complexity index is 891. The molecule has 0 bridgehead atoms. The van der Waals surface area contributed by atoms with Gasteiger partial charge in [-0.15, -0.1) is 5.11 Å². The fraction of sp³-hybridized carbons (Fsp3) is 0.118. The van der Waals surface area contributed by atoms with Crippen molar-refractivity contribution >= 4 is 40.8 Å². The number of carboxylic acid groups (broad SMARTS) is 1. The van der Waals surface area contributed by atoms with Gasteiger partial charge in [0.25, 0.3) is 0 Å². The highest BCUT2D eigenvalue weighted by Crippen LogP contribution is 2.48. The number of halogens is 3. The van der Waals surface area contributed by atoms with Crippen LogP contribution >= 0.6 is 34.8 Å². The summed E-state index contributed by atoms with van der Waals surface area (Å²) in [7, 11) is 0. The maximum atomic E-state index is 11.5. The molecule has 1 unspecified atom stereocenters. The van der Waals surface area contributed by atoms with E-state index in [0.29, 0.717) is 31.8 Å². The Morgan fingerprint density at radius 1 is 1.04 bits per heavy atom. The predicted molar refractivity (Wildman–Crippen MR) is 93.9 cm³/mol. The first-order valence-electron chi connectivity index (χ1n) is 6.95. The normalized spacial score (nSPS) is 19.8. The molecule has 0 saturated heterocycles. The summed E-state index contributed by atoms with van der Waals surface area (Å²) in [4.78, 5) is 11.5. The number of azo groups is 1. The van der Waals surface area contributed by atoms with Gasteiger partial charge in [0.1, 0.15) is 0 Å². The lowest BCUT2D eigenvalue weighted by Crippen LogP contribution is -2.26. The van der Waals surface area contributed by atoms with Crippen molar-refractivity contribution in [2.45, 2.75) is 12.5 Å². The molecular formula is C17H11Cl3N2O2. The molecule has 1 aliphatic heterocycles. The lowest BCUT2D eigenvalue weighted by Gasteiger charge is -2.29. The van der Waals surface area contributed by atoms with Crippen LogP contribution < -0.4 is 0 Å². The van der Waals surface area contributed by atoms with Crippen LogP contribution in [-0.2, 0) is 10.3 Å². The van der Waals surface area contributed by atoms with Gasteiger partial charge in [0.2, 0.25) is 0 Å². The van der Waals surface area contributed by atoms with Crippen molar-refractivity contribution in [3.05, 3.63) is 79.9 Å². The first kappa shape index (κ1) is 17.0. The molecule has 4 nitrogen and oxygen atoms in total. The summed E-state index contributed by atoms with van der Waals surface area (Å²) in [6, 6.07) is 12.0. The first-order valence-corrected chi connectivity index (χ1v) is 8.09. The van der Waals surface area contributed by atoms with E-state index in [1.54, 1.807) is 49.4 Å². The van der Waals surface area contributed by atoms with Crippen LogP contribution in [0.1, 0.15) is 18.1 Å². The quantitative estimate of drug-likeness (QED) is 0.739. The number of nitrogens with zero attached hydrogens (tertiary/aromatic N) is 2. The average Bonchev–Trinajstić information content (AvgIpc) is 2.86. The van der Waals surface area contributed by atoms with Crippen LogP contribution in [0.25, 0.3) is 0 Å². The van der Waals surface area contributed by atoms with Gasteiger partial charge < -0.3 is 5.11 Å². The van der Waals surface area contributed by atoms with Crippen LogP contribution in [0.3, 0.4) is 0 Å². The molecule has 1 heterocycles. The summed E-state index contributed by atoms with van der Waals surface area (Å²) in [5.41, 5.74) is 0.569. The Kier molecular flexibility index (Phi) is 4.38. The van der Waals surface area contributed by atoms with Crippen molar-refractivity contribution in [1.82, 2.24) is 0 Å². The van der Waals surface area contributed by atoms with Crippen LogP contribution in [0.5, 0.6) is 0 Å². The standard InChI is InChI=1S/C17H11Cl3N2O2/c1-9-15(16(23)24)21-22-17(9,10-2-4-11(18)5-3-10)13-7-6-12(19)8-14(13)20/h2-8H,1H3,(H,23,24). The molecule has 0 aliphatic carbocycles. The molecule has 0 spiro atoms. The van der Waals surface area contributed by atoms with Crippen LogP contribution in [0, 0.1) is 0 Å². The summed E-state index contributed by atoms with van der Waals surface area (Å²) in [5.74, 6) is -1.14. The van der Waals surface area contributed by atoms with Crippen LogP contribution in [-0.4, -0.2) is 11.1 Å². The molecule has 0 saturated carbocycles. The summed E-state index contributed by atoms with van der Waals surface area (Å²) < 4.78 is 0. The molecule has 1 N–H and O–H groups in total. The highest BCUT2D eigenvalue weighted by Gasteiger charge is 2.44. The van der Waals surface area contributed by atoms with E-state index in [1.165, 1.54) is 0 Å². The third kappa shape index (κ3) is 2.61. The smallest absolute Gasteiger partial charge is 0.356 e. The molecule has 0 fully saturated rings. The van der Waals surface area contributed by atoms with Gasteiger partial charge in [-0.05, 0) is 36.8 Å². The van der Waals surface area contributed by atoms with Crippen LogP contribution in [0.15, 0.2) is 64.0 Å². The largest absolute Gasteiger partial charge is 0.476 e. The minimum atomic E-state index is -1.14. The molecular weight excluding hydrogens is 371 g/mol. The van der Waals surface area contributed by atoms with E-state index < -0.39 is 11.5 Å². The SMILES string of the molecule is CC1=C(C(=O)O)N=NC1(c1ccc(Cl)cc1)c1ccc(Cl)cc1Cl. The Morgan fingerprint density at radius 2 is 1.67 bits per heavy atom. The second kappa shape index (κ2) is 6.20. The predicted octanol–water partition coefficient (Wildman–Crippen LogP) is 5.71. The second-order valence-electron chi connectivity index (χ2n) is 5.32. The van der Waals surface area contributed by atoms with E-state index in [4.69, 9.17) is 34.8 Å². The highest BCUT2D eigenvalue weighted by atomic mass is 35.5. The molecule has 2 aromatic carbocycles. The zero-order valence-corrected chi connectivity index (χ0v) is 14.7. The Hall–Kier alpha value is -1.88. The van der Waals surface area contributed by atoms with Crippen LogP contribution in [0.2, 0.25) is 15.1 Å². The van der Waals surface area contributed by atoms with Crippen molar-refractivity contribution in [3.8, 4) is 0 Å². The fourth-order valence-corrected chi connectivity index (χ4v) is 3.48. The molecule has 0 radical (unpaired) electrons. The van der Waals surface area contributed by atoms with E-state index in [-0.39, 0.29) is 5.70 Å². The molecule has 122 valence electrons. The molecule has 0 aromatic heterocycles. The lowest BCUT2D eigenvalue weighted by molar-refractivity contribution is -0.132. The van der Waals surface area contributed by atoms with E-state index in [1.807, 2.05) is 0 Å². The van der Waals surface area contributed by atoms with Gasteiger partial charge in [-0.3, -0.25) is 0 Å². The zero-order chi connectivity index (χ0) is 17.5. The minimum absolute atomic E-state index is 0.101. The summed E-state index contributed by atoms with van der Waals surface area (Å²) in [6.07, 6.45) is 0. The van der Waals surface area contributed by atoms with Gasteiger partial charge >= 0.3 is 5.97 Å². The molecule has 24 heavy (non-hydrogen) atoms. The number of hydrogen-bond donors (Lipinski definition) is 1. The monoisotopic (exact) mass is 380 g/mol. The van der Waals surface area contributed by atoms with E-state index >= 15 is 0 Å². The van der Waals surface area contributed by atoms with Gasteiger partial charge in [-0.25, -0.2) is 4.79 Å². The number of rotatable bonds is 3. The third-order valence-corrected chi connectivity index (χ3v) is 4.78. The van der Waals surface area contributed by atoms with Crippen molar-refractivity contribution in [2.75, 3.05) is 0 Å². The maximum absolute atomic E-state index is 11.5. The van der Waals surface area contributed by atoms with E-state index in [0.717, 1.165) is 0 Å². The minimum Gasteiger partial charge on any atom is -0.476 e. The van der Waals surface area contributed by atoms with Crippen molar-refractivity contribution in [3.63, 3.8) is 0 Å². The van der Waals surface area contributed by atoms with Gasteiger partial charge in [0.15, 0.2) is 11.2 Å². The van der Waals surface area contributed by atoms with E-state index in [2.05, 4.69) is 10.2 Å². The third-order valence-electron chi connectivity index (χ3n) is 3.98. The van der Waals surface area contributed by atoms with Crippen LogP contribution in [0.4, 0.5) is 0 Å². The molecule has 2 aromatic rings. The summed E-state index contributed by atoms with van der Waals surface area (Å²) in [6.45, 7) is 1.68. The molecule has 3 rings (SSSR count).